The van der Waals surface area contributed by atoms with Gasteiger partial charge in [0, 0.05) is 0 Å². The Hall–Kier alpha value is 0. The molecular weight excluding hydrogens is 132 g/mol. The van der Waals surface area contributed by atoms with E-state index in [0.717, 1.165) is 0 Å². The van der Waals surface area contributed by atoms with Crippen molar-refractivity contribution in [1.29, 1.82) is 0 Å². The molecule has 0 nitrogen and oxygen atoms in total. The molecule has 0 aromatic heterocycles. The molecule has 0 aromatic carbocycles. The predicted molar refractivity (Wildman–Crippen MR) is 50.6 cm³/mol. The second kappa shape index (κ2) is 2.80. The van der Waals surface area contributed by atoms with Gasteiger partial charge in [0.25, 0.3) is 0 Å². The highest BCUT2D eigenvalue weighted by atomic mass is 14.4. The molecule has 1 fully saturated rings. The van der Waals surface area contributed by atoms with E-state index >= 15 is 0 Å². The van der Waals surface area contributed by atoms with Crippen molar-refractivity contribution in [3.8, 4) is 0 Å². The predicted octanol–water partition coefficient (Wildman–Crippen LogP) is 4.00. The molecule has 0 bridgehead atoms. The van der Waals surface area contributed by atoms with Gasteiger partial charge in [-0.25, -0.2) is 0 Å². The smallest absolute Gasteiger partial charge is 0.0328 e. The molecule has 0 heterocycles. The minimum Gasteiger partial charge on any atom is -0.0649 e. The fourth-order valence-electron chi connectivity index (χ4n) is 1.88. The van der Waals surface area contributed by atoms with E-state index in [1.807, 2.05) is 0 Å². The maximum absolute atomic E-state index is 2.45. The average molecular weight is 154 g/mol. The van der Waals surface area contributed by atoms with Crippen molar-refractivity contribution >= 4 is 0 Å². The van der Waals surface area contributed by atoms with Gasteiger partial charge in [0.15, 0.2) is 0 Å². The van der Waals surface area contributed by atoms with E-state index in [1.54, 1.807) is 0 Å². The van der Waals surface area contributed by atoms with Gasteiger partial charge < -0.3 is 0 Å². The van der Waals surface area contributed by atoms with Crippen LogP contribution in [0.4, 0.5) is 0 Å². The molecule has 0 heteroatoms. The Kier molecular flexibility index (Phi) is 2.32. The molecule has 0 N–H and O–H groups in total. The summed E-state index contributed by atoms with van der Waals surface area (Å²) in [4.78, 5) is 0. The van der Waals surface area contributed by atoms with Gasteiger partial charge in [0.2, 0.25) is 0 Å². The Morgan fingerprint density at radius 3 is 1.73 bits per heavy atom. The summed E-state index contributed by atoms with van der Waals surface area (Å²) < 4.78 is 0. The lowest BCUT2D eigenvalue weighted by Crippen LogP contribution is -2.28. The second-order valence-corrected chi connectivity index (χ2v) is 5.33. The van der Waals surface area contributed by atoms with Crippen LogP contribution in [0.2, 0.25) is 0 Å². The van der Waals surface area contributed by atoms with Gasteiger partial charge in [-0.1, -0.05) is 34.1 Å². The van der Waals surface area contributed by atoms with Gasteiger partial charge in [-0.3, -0.25) is 0 Å². The molecular formula is C11H22. The van der Waals surface area contributed by atoms with Crippen LogP contribution in [0, 0.1) is 10.8 Å². The fraction of sp³-hybridized carbons (Fsp3) is 1.00. The Bertz CT molecular complexity index is 123. The molecule has 0 saturated heterocycles. The van der Waals surface area contributed by atoms with E-state index in [0.29, 0.717) is 10.8 Å². The first-order valence-corrected chi connectivity index (χ1v) is 4.97. The zero-order valence-electron chi connectivity index (χ0n) is 8.54. The van der Waals surface area contributed by atoms with E-state index in [4.69, 9.17) is 0 Å². The summed E-state index contributed by atoms with van der Waals surface area (Å²) in [5.41, 5.74) is 1.31. The Morgan fingerprint density at radius 2 is 1.36 bits per heavy atom. The van der Waals surface area contributed by atoms with Crippen LogP contribution in [-0.2, 0) is 0 Å². The molecule has 1 aliphatic rings. The highest BCUT2D eigenvalue weighted by Gasteiger charge is 2.33. The van der Waals surface area contributed by atoms with Crippen LogP contribution in [0.15, 0.2) is 0 Å². The summed E-state index contributed by atoms with van der Waals surface area (Å²) in [5.74, 6) is 0. The van der Waals surface area contributed by atoms with Crippen LogP contribution < -0.4 is 0 Å². The van der Waals surface area contributed by atoms with Gasteiger partial charge >= 0.3 is 0 Å². The normalized spacial score (nSPS) is 28.4. The molecule has 1 saturated carbocycles. The maximum atomic E-state index is 2.45. The van der Waals surface area contributed by atoms with Crippen molar-refractivity contribution in [2.45, 2.75) is 59.8 Å². The van der Waals surface area contributed by atoms with Crippen LogP contribution in [0.5, 0.6) is 0 Å². The molecule has 0 aliphatic heterocycles. The van der Waals surface area contributed by atoms with Gasteiger partial charge in [-0.05, 0) is 36.5 Å². The lowest BCUT2D eigenvalue weighted by Gasteiger charge is -2.41. The van der Waals surface area contributed by atoms with Crippen LogP contribution in [0.25, 0.3) is 0 Å². The summed E-state index contributed by atoms with van der Waals surface area (Å²) in [7, 11) is 0. The summed E-state index contributed by atoms with van der Waals surface area (Å²) in [6, 6.07) is 0. The van der Waals surface area contributed by atoms with Gasteiger partial charge in [-0.2, -0.15) is 0 Å². The van der Waals surface area contributed by atoms with Crippen molar-refractivity contribution in [3.63, 3.8) is 0 Å². The number of hydrogen-bond acceptors (Lipinski definition) is 0. The van der Waals surface area contributed by atoms with Crippen molar-refractivity contribution in [3.05, 3.63) is 0 Å². The molecule has 11 heavy (non-hydrogen) atoms. The molecule has 1 rings (SSSR count). The van der Waals surface area contributed by atoms with E-state index in [-0.39, 0.29) is 0 Å². The molecule has 0 atom stereocenters. The Labute approximate surface area is 71.4 Å². The third-order valence-electron chi connectivity index (χ3n) is 3.66. The minimum absolute atomic E-state index is 0.634. The van der Waals surface area contributed by atoms with Crippen LogP contribution in [0.3, 0.4) is 0 Å². The van der Waals surface area contributed by atoms with Crippen molar-refractivity contribution in [2.75, 3.05) is 0 Å². The zero-order valence-corrected chi connectivity index (χ0v) is 8.54. The first-order chi connectivity index (χ1) is 4.97. The zero-order chi connectivity index (χ0) is 8.54. The number of rotatable bonds is 1. The molecule has 0 amide bonds. The summed E-state index contributed by atoms with van der Waals surface area (Å²) in [5, 5.41) is 0. The first kappa shape index (κ1) is 9.09. The molecule has 1 aliphatic carbocycles. The highest BCUT2D eigenvalue weighted by Crippen LogP contribution is 2.46. The molecule has 0 aromatic rings. The van der Waals surface area contributed by atoms with Crippen LogP contribution in [0.1, 0.15) is 59.8 Å². The lowest BCUT2D eigenvalue weighted by atomic mass is 9.65. The highest BCUT2D eigenvalue weighted by molar-refractivity contribution is 4.84. The van der Waals surface area contributed by atoms with Crippen molar-refractivity contribution < 1.29 is 0 Å². The second-order valence-electron chi connectivity index (χ2n) is 5.33. The largest absolute Gasteiger partial charge is 0.0649 e. The van der Waals surface area contributed by atoms with E-state index < -0.39 is 0 Å². The lowest BCUT2D eigenvalue weighted by molar-refractivity contribution is 0.113. The third-order valence-corrected chi connectivity index (χ3v) is 3.66. The van der Waals surface area contributed by atoms with Crippen LogP contribution >= 0.6 is 0 Å². The fourth-order valence-corrected chi connectivity index (χ4v) is 1.88. The molecule has 0 unspecified atom stereocenters. The standard InChI is InChI=1S/C11H22/c1-5-11(4)8-6-10(2,3)7-9-11/h5-9H2,1-4H3. The molecule has 0 radical (unpaired) electrons. The quantitative estimate of drug-likeness (QED) is 0.535. The van der Waals surface area contributed by atoms with Gasteiger partial charge in [0.1, 0.15) is 0 Å². The van der Waals surface area contributed by atoms with E-state index in [2.05, 4.69) is 27.7 Å². The Balaban J connectivity index is 2.48. The first-order valence-electron chi connectivity index (χ1n) is 4.97. The average Bonchev–Trinajstić information content (AvgIpc) is 1.97. The van der Waals surface area contributed by atoms with Gasteiger partial charge in [-0.15, -0.1) is 0 Å². The Morgan fingerprint density at radius 1 is 0.909 bits per heavy atom. The third kappa shape index (κ3) is 2.21. The topological polar surface area (TPSA) is 0 Å². The van der Waals surface area contributed by atoms with Crippen molar-refractivity contribution in [1.82, 2.24) is 0 Å². The molecule has 66 valence electrons. The monoisotopic (exact) mass is 154 g/mol. The summed E-state index contributed by atoms with van der Waals surface area (Å²) in [6.45, 7) is 9.59. The van der Waals surface area contributed by atoms with E-state index in [9.17, 15) is 0 Å². The maximum Gasteiger partial charge on any atom is -0.0328 e. The van der Waals surface area contributed by atoms with Gasteiger partial charge in [0.05, 0.1) is 0 Å². The van der Waals surface area contributed by atoms with Crippen LogP contribution in [-0.4, -0.2) is 0 Å². The SMILES string of the molecule is CCC1(C)CCC(C)(C)CC1. The number of hydrogen-bond donors (Lipinski definition) is 0. The summed E-state index contributed by atoms with van der Waals surface area (Å²) in [6.07, 6.45) is 7.10. The summed E-state index contributed by atoms with van der Waals surface area (Å²) >= 11 is 0. The minimum atomic E-state index is 0.634. The van der Waals surface area contributed by atoms with E-state index in [1.165, 1.54) is 32.1 Å². The van der Waals surface area contributed by atoms with Crippen molar-refractivity contribution in [2.24, 2.45) is 10.8 Å². The molecule has 0 spiro atoms.